The Kier molecular flexibility index (Phi) is 4.33. The lowest BCUT2D eigenvalue weighted by molar-refractivity contribution is 0.590. The highest BCUT2D eigenvalue weighted by Gasteiger charge is 2.13. The van der Waals surface area contributed by atoms with Crippen LogP contribution in [-0.2, 0) is 6.42 Å². The number of aryl methyl sites for hydroxylation is 2. The predicted molar refractivity (Wildman–Crippen MR) is 77.8 cm³/mol. The van der Waals surface area contributed by atoms with Crippen molar-refractivity contribution in [2.45, 2.75) is 26.2 Å². The van der Waals surface area contributed by atoms with Crippen molar-refractivity contribution in [2.75, 3.05) is 6.54 Å². The van der Waals surface area contributed by atoms with Crippen molar-refractivity contribution in [3.05, 3.63) is 70.5 Å². The molecule has 100 valence electrons. The summed E-state index contributed by atoms with van der Waals surface area (Å²) in [5.74, 6) is 0.0147. The minimum Gasteiger partial charge on any atom is -0.330 e. The molecule has 0 bridgehead atoms. The fourth-order valence-electron chi connectivity index (χ4n) is 2.51. The Morgan fingerprint density at radius 2 is 1.68 bits per heavy atom. The fraction of sp³-hybridized carbons (Fsp3) is 0.294. The monoisotopic (exact) mass is 257 g/mol. The molecular formula is C17H20FN. The Balaban J connectivity index is 2.28. The first-order valence-electron chi connectivity index (χ1n) is 6.62. The van der Waals surface area contributed by atoms with Gasteiger partial charge in [0.2, 0.25) is 0 Å². The van der Waals surface area contributed by atoms with Crippen molar-refractivity contribution < 1.29 is 4.39 Å². The smallest absolute Gasteiger partial charge is 0.126 e. The van der Waals surface area contributed by atoms with E-state index in [-0.39, 0.29) is 11.7 Å². The van der Waals surface area contributed by atoms with Crippen LogP contribution in [0.25, 0.3) is 0 Å². The van der Waals surface area contributed by atoms with Gasteiger partial charge in [-0.1, -0.05) is 47.5 Å². The highest BCUT2D eigenvalue weighted by atomic mass is 19.1. The second-order valence-corrected chi connectivity index (χ2v) is 5.15. The molecule has 2 rings (SSSR count). The summed E-state index contributed by atoms with van der Waals surface area (Å²) in [7, 11) is 0. The van der Waals surface area contributed by atoms with Crippen molar-refractivity contribution in [3.8, 4) is 0 Å². The highest BCUT2D eigenvalue weighted by molar-refractivity contribution is 5.32. The van der Waals surface area contributed by atoms with Gasteiger partial charge in [0.05, 0.1) is 0 Å². The summed E-state index contributed by atoms with van der Waals surface area (Å²) in [5, 5.41) is 0. The first-order chi connectivity index (χ1) is 9.10. The molecule has 0 heterocycles. The average Bonchev–Trinajstić information content (AvgIpc) is 2.36. The van der Waals surface area contributed by atoms with E-state index in [1.54, 1.807) is 6.07 Å². The van der Waals surface area contributed by atoms with Crippen LogP contribution in [0.1, 0.15) is 28.2 Å². The van der Waals surface area contributed by atoms with Gasteiger partial charge in [-0.15, -0.1) is 0 Å². The molecule has 19 heavy (non-hydrogen) atoms. The maximum atomic E-state index is 13.7. The lowest BCUT2D eigenvalue weighted by Gasteiger charge is -2.17. The molecule has 0 fully saturated rings. The molecule has 0 aliphatic heterocycles. The second kappa shape index (κ2) is 5.98. The summed E-state index contributed by atoms with van der Waals surface area (Å²) >= 11 is 0. The third-order valence-electron chi connectivity index (χ3n) is 3.42. The summed E-state index contributed by atoms with van der Waals surface area (Å²) in [5.41, 5.74) is 10.3. The van der Waals surface area contributed by atoms with E-state index < -0.39 is 0 Å². The molecule has 0 aliphatic carbocycles. The van der Waals surface area contributed by atoms with Crippen molar-refractivity contribution in [1.29, 1.82) is 0 Å². The molecule has 0 radical (unpaired) electrons. The summed E-state index contributed by atoms with van der Waals surface area (Å²) < 4.78 is 13.7. The number of halogens is 1. The zero-order valence-corrected chi connectivity index (χ0v) is 11.5. The quantitative estimate of drug-likeness (QED) is 0.887. The largest absolute Gasteiger partial charge is 0.330 e. The lowest BCUT2D eigenvalue weighted by Crippen LogP contribution is -2.16. The van der Waals surface area contributed by atoms with Gasteiger partial charge in [-0.2, -0.15) is 0 Å². The number of hydrogen-bond donors (Lipinski definition) is 1. The zero-order valence-electron chi connectivity index (χ0n) is 11.5. The van der Waals surface area contributed by atoms with Crippen LogP contribution in [0.2, 0.25) is 0 Å². The van der Waals surface area contributed by atoms with E-state index in [4.69, 9.17) is 5.73 Å². The van der Waals surface area contributed by atoms with E-state index in [1.165, 1.54) is 22.8 Å². The molecule has 2 N–H and O–H groups in total. The van der Waals surface area contributed by atoms with Crippen molar-refractivity contribution in [3.63, 3.8) is 0 Å². The maximum Gasteiger partial charge on any atom is 0.126 e. The highest BCUT2D eigenvalue weighted by Crippen LogP contribution is 2.23. The van der Waals surface area contributed by atoms with Crippen LogP contribution < -0.4 is 5.73 Å². The van der Waals surface area contributed by atoms with Gasteiger partial charge in [-0.25, -0.2) is 4.39 Å². The Morgan fingerprint density at radius 1 is 1.05 bits per heavy atom. The van der Waals surface area contributed by atoms with E-state index in [2.05, 4.69) is 32.0 Å². The molecule has 0 aromatic heterocycles. The van der Waals surface area contributed by atoms with E-state index in [0.29, 0.717) is 13.0 Å². The van der Waals surface area contributed by atoms with Crippen molar-refractivity contribution >= 4 is 0 Å². The van der Waals surface area contributed by atoms with Crippen molar-refractivity contribution in [1.82, 2.24) is 0 Å². The number of nitrogens with two attached hydrogens (primary N) is 1. The third-order valence-corrected chi connectivity index (χ3v) is 3.42. The summed E-state index contributed by atoms with van der Waals surface area (Å²) in [6.45, 7) is 4.68. The average molecular weight is 257 g/mol. The van der Waals surface area contributed by atoms with Gasteiger partial charge in [0, 0.05) is 5.92 Å². The Labute approximate surface area is 114 Å². The molecule has 1 atom stereocenters. The first-order valence-corrected chi connectivity index (χ1v) is 6.62. The first kappa shape index (κ1) is 13.8. The Morgan fingerprint density at radius 3 is 2.26 bits per heavy atom. The van der Waals surface area contributed by atoms with Crippen LogP contribution in [0.3, 0.4) is 0 Å². The molecule has 2 aromatic carbocycles. The van der Waals surface area contributed by atoms with Gasteiger partial charge in [-0.3, -0.25) is 0 Å². The van der Waals surface area contributed by atoms with E-state index >= 15 is 0 Å². The molecule has 2 heteroatoms. The van der Waals surface area contributed by atoms with Gasteiger partial charge >= 0.3 is 0 Å². The predicted octanol–water partition coefficient (Wildman–Crippen LogP) is 3.73. The number of hydrogen-bond acceptors (Lipinski definition) is 1. The Hall–Kier alpha value is -1.67. The van der Waals surface area contributed by atoms with Gasteiger partial charge in [0.1, 0.15) is 5.82 Å². The van der Waals surface area contributed by atoms with Crippen LogP contribution in [-0.4, -0.2) is 6.54 Å². The topological polar surface area (TPSA) is 26.0 Å². The molecule has 0 saturated carbocycles. The summed E-state index contributed by atoms with van der Waals surface area (Å²) in [4.78, 5) is 0. The molecule has 2 aromatic rings. The molecule has 0 amide bonds. The fourth-order valence-corrected chi connectivity index (χ4v) is 2.51. The van der Waals surface area contributed by atoms with Crippen LogP contribution in [0.15, 0.2) is 42.5 Å². The second-order valence-electron chi connectivity index (χ2n) is 5.15. The van der Waals surface area contributed by atoms with Crippen LogP contribution in [0, 0.1) is 19.7 Å². The van der Waals surface area contributed by atoms with Gasteiger partial charge in [0.15, 0.2) is 0 Å². The standard InChI is InChI=1S/C17H20FN/c1-12-7-13(2)9-15(8-12)16(11-19)10-14-5-3-4-6-17(14)18/h3-9,16H,10-11,19H2,1-2H3. The van der Waals surface area contributed by atoms with E-state index in [1.807, 2.05) is 12.1 Å². The molecular weight excluding hydrogens is 237 g/mol. The zero-order chi connectivity index (χ0) is 13.8. The molecule has 0 aliphatic rings. The van der Waals surface area contributed by atoms with Crippen LogP contribution in [0.5, 0.6) is 0 Å². The summed E-state index contributed by atoms with van der Waals surface area (Å²) in [6, 6.07) is 13.3. The van der Waals surface area contributed by atoms with Crippen molar-refractivity contribution in [2.24, 2.45) is 5.73 Å². The minimum absolute atomic E-state index is 0.148. The van der Waals surface area contributed by atoms with Gasteiger partial charge in [-0.05, 0) is 44.0 Å². The number of rotatable bonds is 4. The molecule has 0 spiro atoms. The molecule has 1 nitrogen and oxygen atoms in total. The SMILES string of the molecule is Cc1cc(C)cc(C(CN)Cc2ccccc2F)c1. The van der Waals surface area contributed by atoms with E-state index in [0.717, 1.165) is 5.56 Å². The maximum absolute atomic E-state index is 13.7. The lowest BCUT2D eigenvalue weighted by atomic mass is 9.90. The van der Waals surface area contributed by atoms with Crippen LogP contribution in [0.4, 0.5) is 4.39 Å². The molecule has 1 unspecified atom stereocenters. The van der Waals surface area contributed by atoms with Gasteiger partial charge < -0.3 is 5.73 Å². The third kappa shape index (κ3) is 3.42. The summed E-state index contributed by atoms with van der Waals surface area (Å²) in [6.07, 6.45) is 0.645. The Bertz CT molecular complexity index is 543. The molecule has 0 saturated heterocycles. The van der Waals surface area contributed by atoms with Gasteiger partial charge in [0.25, 0.3) is 0 Å². The minimum atomic E-state index is -0.148. The normalized spacial score (nSPS) is 12.4. The van der Waals surface area contributed by atoms with Crippen LogP contribution >= 0.6 is 0 Å². The number of benzene rings is 2. The van der Waals surface area contributed by atoms with E-state index in [9.17, 15) is 4.39 Å².